The van der Waals surface area contributed by atoms with Crippen LogP contribution >= 0.6 is 35.1 Å². The van der Waals surface area contributed by atoms with Gasteiger partial charge >= 0.3 is 0 Å². The predicted molar refractivity (Wildman–Crippen MR) is 101 cm³/mol. The molecule has 0 spiro atoms. The van der Waals surface area contributed by atoms with E-state index < -0.39 is 0 Å². The normalized spacial score (nSPS) is 11.6. The molecule has 0 amide bonds. The highest BCUT2D eigenvalue weighted by atomic mass is 35.5. The van der Waals surface area contributed by atoms with Crippen LogP contribution in [0.3, 0.4) is 0 Å². The standard InChI is InChI=1S/C17H19ClN2S2/c18-15-6-8-16(9-7-15)21-12-13-22-17(19)20-11-10-14-4-2-1-3-5-14/h1-9H,10-13H2,(H2,19,20). The molecule has 0 aliphatic carbocycles. The van der Waals surface area contributed by atoms with Gasteiger partial charge in [-0.15, -0.1) is 11.8 Å². The highest BCUT2D eigenvalue weighted by molar-refractivity contribution is 8.14. The lowest BCUT2D eigenvalue weighted by molar-refractivity contribution is 0.970. The zero-order valence-electron chi connectivity index (χ0n) is 12.2. The van der Waals surface area contributed by atoms with Crippen LogP contribution in [0, 0.1) is 0 Å². The number of hydrogen-bond donors (Lipinski definition) is 1. The lowest BCUT2D eigenvalue weighted by Crippen LogP contribution is -2.09. The second-order valence-electron chi connectivity index (χ2n) is 4.61. The molecular formula is C17H19ClN2S2. The lowest BCUT2D eigenvalue weighted by atomic mass is 10.2. The minimum absolute atomic E-state index is 0.674. The van der Waals surface area contributed by atoms with Crippen LogP contribution in [-0.4, -0.2) is 23.2 Å². The molecule has 0 atom stereocenters. The van der Waals surface area contributed by atoms with Crippen molar-refractivity contribution < 1.29 is 0 Å². The Kier molecular flexibility index (Phi) is 7.71. The molecule has 0 fully saturated rings. The molecular weight excluding hydrogens is 332 g/mol. The SMILES string of the molecule is NC(=NCCc1ccccc1)SCCSc1ccc(Cl)cc1. The first-order valence-electron chi connectivity index (χ1n) is 7.09. The molecule has 2 aromatic rings. The molecule has 2 N–H and O–H groups in total. The minimum Gasteiger partial charge on any atom is -0.379 e. The van der Waals surface area contributed by atoms with Gasteiger partial charge in [0.2, 0.25) is 0 Å². The first-order valence-corrected chi connectivity index (χ1v) is 9.44. The van der Waals surface area contributed by atoms with Crippen LogP contribution in [0.1, 0.15) is 5.56 Å². The Balaban J connectivity index is 1.61. The van der Waals surface area contributed by atoms with Crippen molar-refractivity contribution in [2.24, 2.45) is 10.7 Å². The van der Waals surface area contributed by atoms with E-state index in [2.05, 4.69) is 17.1 Å². The summed E-state index contributed by atoms with van der Waals surface area (Å²) in [5.74, 6) is 1.95. The summed E-state index contributed by atoms with van der Waals surface area (Å²) in [6.07, 6.45) is 0.932. The monoisotopic (exact) mass is 350 g/mol. The number of aliphatic imine (C=N–C) groups is 1. The molecule has 0 saturated heterocycles. The molecule has 2 aromatic carbocycles. The average molecular weight is 351 g/mol. The van der Waals surface area contributed by atoms with Gasteiger partial charge in [-0.3, -0.25) is 4.99 Å². The van der Waals surface area contributed by atoms with Crippen LogP contribution in [0.5, 0.6) is 0 Å². The van der Waals surface area contributed by atoms with E-state index in [1.165, 1.54) is 10.5 Å². The number of nitrogens with two attached hydrogens (primary N) is 1. The van der Waals surface area contributed by atoms with Crippen LogP contribution in [0.25, 0.3) is 0 Å². The maximum absolute atomic E-state index is 5.92. The van der Waals surface area contributed by atoms with Crippen LogP contribution < -0.4 is 5.73 Å². The summed E-state index contributed by atoms with van der Waals surface area (Å²) in [7, 11) is 0. The Bertz CT molecular complexity index is 585. The number of nitrogens with zero attached hydrogens (tertiary/aromatic N) is 1. The molecule has 0 radical (unpaired) electrons. The van der Waals surface area contributed by atoms with Crippen molar-refractivity contribution in [3.05, 3.63) is 65.2 Å². The highest BCUT2D eigenvalue weighted by Crippen LogP contribution is 2.21. The molecule has 22 heavy (non-hydrogen) atoms. The third-order valence-electron chi connectivity index (χ3n) is 2.93. The summed E-state index contributed by atoms with van der Waals surface area (Å²) in [5.41, 5.74) is 7.22. The summed E-state index contributed by atoms with van der Waals surface area (Å²) < 4.78 is 0. The van der Waals surface area contributed by atoms with Crippen molar-refractivity contribution in [1.29, 1.82) is 0 Å². The molecule has 0 unspecified atom stereocenters. The molecule has 5 heteroatoms. The zero-order chi connectivity index (χ0) is 15.6. The lowest BCUT2D eigenvalue weighted by Gasteiger charge is -2.03. The quantitative estimate of drug-likeness (QED) is 0.340. The van der Waals surface area contributed by atoms with Gasteiger partial charge in [0.05, 0.1) is 0 Å². The van der Waals surface area contributed by atoms with E-state index in [9.17, 15) is 0 Å². The van der Waals surface area contributed by atoms with E-state index in [0.717, 1.165) is 29.5 Å². The summed E-state index contributed by atoms with van der Waals surface area (Å²) in [6.45, 7) is 0.743. The van der Waals surface area contributed by atoms with Gasteiger partial charge in [0, 0.05) is 28.0 Å². The maximum Gasteiger partial charge on any atom is 0.153 e. The van der Waals surface area contributed by atoms with E-state index in [1.54, 1.807) is 23.5 Å². The Hall–Kier alpha value is -1.10. The fraction of sp³-hybridized carbons (Fsp3) is 0.235. The third kappa shape index (κ3) is 6.77. The van der Waals surface area contributed by atoms with Crippen molar-refractivity contribution in [2.75, 3.05) is 18.1 Å². The smallest absolute Gasteiger partial charge is 0.153 e. The first-order chi connectivity index (χ1) is 10.7. The predicted octanol–water partition coefficient (Wildman–Crippen LogP) is 4.72. The van der Waals surface area contributed by atoms with Gasteiger partial charge in [-0.2, -0.15) is 0 Å². The molecule has 116 valence electrons. The topological polar surface area (TPSA) is 38.4 Å². The number of benzene rings is 2. The summed E-state index contributed by atoms with van der Waals surface area (Å²) >= 11 is 9.28. The molecule has 2 nitrogen and oxygen atoms in total. The molecule has 2 rings (SSSR count). The van der Waals surface area contributed by atoms with Crippen LogP contribution in [-0.2, 0) is 6.42 Å². The Morgan fingerprint density at radius 2 is 1.73 bits per heavy atom. The zero-order valence-corrected chi connectivity index (χ0v) is 14.6. The summed E-state index contributed by atoms with van der Waals surface area (Å²) in [5, 5.41) is 1.45. The van der Waals surface area contributed by atoms with Gasteiger partial charge in [0.15, 0.2) is 5.17 Å². The molecule has 0 bridgehead atoms. The second-order valence-corrected chi connectivity index (χ2v) is 7.33. The summed E-state index contributed by atoms with van der Waals surface area (Å²) in [6, 6.07) is 18.2. The van der Waals surface area contributed by atoms with Gasteiger partial charge in [0.25, 0.3) is 0 Å². The fourth-order valence-electron chi connectivity index (χ4n) is 1.82. The molecule has 0 aromatic heterocycles. The van der Waals surface area contributed by atoms with Crippen LogP contribution in [0.4, 0.5) is 0 Å². The van der Waals surface area contributed by atoms with E-state index in [-0.39, 0.29) is 0 Å². The Morgan fingerprint density at radius 1 is 1.00 bits per heavy atom. The molecule has 0 aliphatic heterocycles. The van der Waals surface area contributed by atoms with E-state index in [1.807, 2.05) is 42.5 Å². The van der Waals surface area contributed by atoms with Crippen molar-refractivity contribution in [3.8, 4) is 0 Å². The van der Waals surface area contributed by atoms with Gasteiger partial charge in [-0.25, -0.2) is 0 Å². The van der Waals surface area contributed by atoms with Crippen molar-refractivity contribution in [2.45, 2.75) is 11.3 Å². The summed E-state index contributed by atoms with van der Waals surface area (Å²) in [4.78, 5) is 5.63. The van der Waals surface area contributed by atoms with Crippen LogP contribution in [0.2, 0.25) is 5.02 Å². The largest absolute Gasteiger partial charge is 0.379 e. The minimum atomic E-state index is 0.674. The van der Waals surface area contributed by atoms with Gasteiger partial charge in [-0.05, 0) is 36.2 Å². The van der Waals surface area contributed by atoms with Crippen LogP contribution in [0.15, 0.2) is 64.5 Å². The number of halogens is 1. The van der Waals surface area contributed by atoms with Gasteiger partial charge < -0.3 is 5.73 Å². The number of thioether (sulfide) groups is 2. The second kappa shape index (κ2) is 9.82. The average Bonchev–Trinajstić information content (AvgIpc) is 2.54. The molecule has 0 aliphatic rings. The van der Waals surface area contributed by atoms with Gasteiger partial charge in [-0.1, -0.05) is 53.7 Å². The maximum atomic E-state index is 5.92. The van der Waals surface area contributed by atoms with Crippen molar-refractivity contribution in [1.82, 2.24) is 0 Å². The third-order valence-corrected chi connectivity index (χ3v) is 5.28. The van der Waals surface area contributed by atoms with Gasteiger partial charge in [0.1, 0.15) is 0 Å². The van der Waals surface area contributed by atoms with E-state index >= 15 is 0 Å². The molecule has 0 saturated carbocycles. The Morgan fingerprint density at radius 3 is 2.45 bits per heavy atom. The molecule has 0 heterocycles. The highest BCUT2D eigenvalue weighted by Gasteiger charge is 1.98. The van der Waals surface area contributed by atoms with Crippen molar-refractivity contribution >= 4 is 40.3 Å². The van der Waals surface area contributed by atoms with E-state index in [4.69, 9.17) is 17.3 Å². The Labute approximate surface area is 145 Å². The first kappa shape index (κ1) is 17.3. The fourth-order valence-corrected chi connectivity index (χ4v) is 3.57. The van der Waals surface area contributed by atoms with Crippen molar-refractivity contribution in [3.63, 3.8) is 0 Å². The van der Waals surface area contributed by atoms with E-state index in [0.29, 0.717) is 5.17 Å². The number of amidine groups is 1. The number of hydrogen-bond acceptors (Lipinski definition) is 3. The number of rotatable bonds is 7.